The number of aliphatic hydroxyl groups is 1. The predicted molar refractivity (Wildman–Crippen MR) is 89.7 cm³/mol. The van der Waals surface area contributed by atoms with Crippen molar-refractivity contribution < 1.29 is 14.7 Å². The van der Waals surface area contributed by atoms with Crippen molar-refractivity contribution in [1.82, 2.24) is 10.6 Å². The number of amides is 3. The van der Waals surface area contributed by atoms with E-state index in [1.165, 1.54) is 11.8 Å². The van der Waals surface area contributed by atoms with Crippen LogP contribution in [0.5, 0.6) is 0 Å². The van der Waals surface area contributed by atoms with Gasteiger partial charge in [0.1, 0.15) is 0 Å². The van der Waals surface area contributed by atoms with Gasteiger partial charge in [0.25, 0.3) is 0 Å². The highest BCUT2D eigenvalue weighted by Gasteiger charge is 2.20. The normalized spacial score (nSPS) is 14.0. The van der Waals surface area contributed by atoms with E-state index in [9.17, 15) is 14.7 Å². The van der Waals surface area contributed by atoms with Gasteiger partial charge < -0.3 is 10.4 Å². The van der Waals surface area contributed by atoms with Gasteiger partial charge in [0.2, 0.25) is 5.91 Å². The van der Waals surface area contributed by atoms with Crippen LogP contribution in [0.15, 0.2) is 30.3 Å². The van der Waals surface area contributed by atoms with Crippen LogP contribution in [0.3, 0.4) is 0 Å². The molecular weight excluding hydrogens is 300 g/mol. The summed E-state index contributed by atoms with van der Waals surface area (Å²) in [6, 6.07) is 8.77. The fraction of sp³-hybridized carbons (Fsp3) is 0.500. The molecular formula is C16H24N2O3S. The zero-order valence-electron chi connectivity index (χ0n) is 13.4. The molecule has 22 heavy (non-hydrogen) atoms. The molecule has 3 N–H and O–H groups in total. The monoisotopic (exact) mass is 324 g/mol. The first-order valence-corrected chi connectivity index (χ1v) is 8.21. The van der Waals surface area contributed by atoms with Crippen LogP contribution in [0.4, 0.5) is 4.79 Å². The molecule has 2 atom stereocenters. The number of thioether (sulfide) groups is 1. The summed E-state index contributed by atoms with van der Waals surface area (Å²) in [4.78, 5) is 23.5. The van der Waals surface area contributed by atoms with Crippen molar-refractivity contribution in [1.29, 1.82) is 0 Å². The summed E-state index contributed by atoms with van der Waals surface area (Å²) in [7, 11) is 0. The SMILES string of the molecule is C[C@H](SC[C@H](O)c1ccccc1)C(=O)NC(=O)NC(C)(C)C. The predicted octanol–water partition coefficient (Wildman–Crippen LogP) is 2.47. The first kappa shape index (κ1) is 18.5. The highest BCUT2D eigenvalue weighted by atomic mass is 32.2. The van der Waals surface area contributed by atoms with Crippen LogP contribution in [0.1, 0.15) is 39.4 Å². The number of nitrogens with one attached hydrogen (secondary N) is 2. The number of hydrogen-bond donors (Lipinski definition) is 3. The molecule has 0 aliphatic carbocycles. The molecule has 0 heterocycles. The lowest BCUT2D eigenvalue weighted by molar-refractivity contribution is -0.119. The molecule has 122 valence electrons. The Hall–Kier alpha value is -1.53. The van der Waals surface area contributed by atoms with Gasteiger partial charge in [-0.1, -0.05) is 30.3 Å². The molecule has 1 aromatic rings. The number of benzene rings is 1. The fourth-order valence-corrected chi connectivity index (χ4v) is 2.54. The molecule has 0 saturated heterocycles. The molecule has 0 radical (unpaired) electrons. The number of rotatable bonds is 5. The molecule has 0 bridgehead atoms. The van der Waals surface area contributed by atoms with E-state index in [2.05, 4.69) is 10.6 Å². The van der Waals surface area contributed by atoms with Crippen molar-refractivity contribution in [3.63, 3.8) is 0 Å². The average Bonchev–Trinajstić information content (AvgIpc) is 2.43. The van der Waals surface area contributed by atoms with Gasteiger partial charge in [-0.3, -0.25) is 10.1 Å². The minimum Gasteiger partial charge on any atom is -0.388 e. The molecule has 0 spiro atoms. The largest absolute Gasteiger partial charge is 0.388 e. The Morgan fingerprint density at radius 2 is 1.82 bits per heavy atom. The maximum absolute atomic E-state index is 11.9. The number of aliphatic hydroxyl groups excluding tert-OH is 1. The van der Waals surface area contributed by atoms with E-state index in [1.54, 1.807) is 6.92 Å². The van der Waals surface area contributed by atoms with Gasteiger partial charge >= 0.3 is 6.03 Å². The molecule has 6 heteroatoms. The van der Waals surface area contributed by atoms with Crippen molar-refractivity contribution in [3.05, 3.63) is 35.9 Å². The summed E-state index contributed by atoms with van der Waals surface area (Å²) in [5.74, 6) is 0.0199. The molecule has 5 nitrogen and oxygen atoms in total. The van der Waals surface area contributed by atoms with Crippen molar-refractivity contribution in [2.24, 2.45) is 0 Å². The van der Waals surface area contributed by atoms with Gasteiger partial charge in [-0.2, -0.15) is 0 Å². The van der Waals surface area contributed by atoms with Gasteiger partial charge in [0.05, 0.1) is 11.4 Å². The number of carbonyl (C=O) groups excluding carboxylic acids is 2. The van der Waals surface area contributed by atoms with Crippen LogP contribution < -0.4 is 10.6 Å². The van der Waals surface area contributed by atoms with Gasteiger partial charge in [-0.25, -0.2) is 4.79 Å². The quantitative estimate of drug-likeness (QED) is 0.777. The van der Waals surface area contributed by atoms with E-state index >= 15 is 0 Å². The maximum Gasteiger partial charge on any atom is 0.321 e. The summed E-state index contributed by atoms with van der Waals surface area (Å²) in [6.07, 6.45) is -0.634. The van der Waals surface area contributed by atoms with Gasteiger partial charge in [-0.05, 0) is 33.3 Å². The number of urea groups is 1. The number of carbonyl (C=O) groups is 2. The molecule has 3 amide bonds. The summed E-state index contributed by atoms with van der Waals surface area (Å²) in [5.41, 5.74) is 0.414. The second-order valence-corrected chi connectivity index (χ2v) is 7.47. The molecule has 0 aliphatic heterocycles. The van der Waals surface area contributed by atoms with Crippen molar-refractivity contribution in [2.45, 2.75) is 44.6 Å². The third kappa shape index (κ3) is 6.95. The summed E-state index contributed by atoms with van der Waals surface area (Å²) >= 11 is 1.31. The lowest BCUT2D eigenvalue weighted by Crippen LogP contribution is -2.49. The van der Waals surface area contributed by atoms with Gasteiger partial charge in [0, 0.05) is 11.3 Å². The van der Waals surface area contributed by atoms with Crippen molar-refractivity contribution >= 4 is 23.7 Å². The molecule has 0 saturated carbocycles. The summed E-state index contributed by atoms with van der Waals surface area (Å²) in [5, 5.41) is 14.6. The first-order valence-electron chi connectivity index (χ1n) is 7.16. The highest BCUT2D eigenvalue weighted by Crippen LogP contribution is 2.21. The van der Waals surface area contributed by atoms with Crippen LogP contribution >= 0.6 is 11.8 Å². The molecule has 0 fully saturated rings. The van der Waals surface area contributed by atoms with Gasteiger partial charge in [-0.15, -0.1) is 11.8 Å². The second-order valence-electron chi connectivity index (χ2n) is 6.10. The highest BCUT2D eigenvalue weighted by molar-refractivity contribution is 8.00. The minimum absolute atomic E-state index is 0.369. The van der Waals surface area contributed by atoms with Crippen molar-refractivity contribution in [3.8, 4) is 0 Å². The Labute approximate surface area is 135 Å². The second kappa shape index (κ2) is 8.19. The van der Waals surface area contributed by atoms with Crippen LogP contribution in [-0.2, 0) is 4.79 Å². The fourth-order valence-electron chi connectivity index (χ4n) is 1.67. The van der Waals surface area contributed by atoms with Crippen molar-refractivity contribution in [2.75, 3.05) is 5.75 Å². The lowest BCUT2D eigenvalue weighted by Gasteiger charge is -2.21. The van der Waals surface area contributed by atoms with E-state index in [4.69, 9.17) is 0 Å². The molecule has 1 aromatic carbocycles. The minimum atomic E-state index is -0.634. The Kier molecular flexibility index (Phi) is 6.90. The number of hydrogen-bond acceptors (Lipinski definition) is 4. The lowest BCUT2D eigenvalue weighted by atomic mass is 10.1. The third-order valence-corrected chi connectivity index (χ3v) is 4.01. The standard InChI is InChI=1S/C16H24N2O3S/c1-11(14(20)17-15(21)18-16(2,3)4)22-10-13(19)12-8-6-5-7-9-12/h5-9,11,13,19H,10H2,1-4H3,(H2,17,18,20,21)/t11-,13-/m0/s1. The molecule has 0 unspecified atom stereocenters. The Morgan fingerprint density at radius 1 is 1.23 bits per heavy atom. The molecule has 1 rings (SSSR count). The van der Waals surface area contributed by atoms with Crippen LogP contribution in [0, 0.1) is 0 Å². The molecule has 0 aliphatic rings. The Bertz CT molecular complexity index is 500. The molecule has 0 aromatic heterocycles. The first-order chi connectivity index (χ1) is 10.2. The van der Waals surface area contributed by atoms with E-state index in [1.807, 2.05) is 51.1 Å². The summed E-state index contributed by atoms with van der Waals surface area (Å²) < 4.78 is 0. The van der Waals surface area contributed by atoms with E-state index in [-0.39, 0.29) is 5.91 Å². The summed E-state index contributed by atoms with van der Waals surface area (Å²) in [6.45, 7) is 7.23. The van der Waals surface area contributed by atoms with E-state index < -0.39 is 22.9 Å². The smallest absolute Gasteiger partial charge is 0.321 e. The number of imide groups is 1. The zero-order valence-corrected chi connectivity index (χ0v) is 14.2. The van der Waals surface area contributed by atoms with E-state index in [0.717, 1.165) is 5.56 Å². The Morgan fingerprint density at radius 3 is 2.36 bits per heavy atom. The third-order valence-electron chi connectivity index (χ3n) is 2.78. The zero-order chi connectivity index (χ0) is 16.8. The Balaban J connectivity index is 2.40. The van der Waals surface area contributed by atoms with Crippen LogP contribution in [0.2, 0.25) is 0 Å². The van der Waals surface area contributed by atoms with Gasteiger partial charge in [0.15, 0.2) is 0 Å². The van der Waals surface area contributed by atoms with Crippen LogP contribution in [-0.4, -0.2) is 33.6 Å². The van der Waals surface area contributed by atoms with E-state index in [0.29, 0.717) is 5.75 Å². The van der Waals surface area contributed by atoms with Crippen LogP contribution in [0.25, 0.3) is 0 Å². The maximum atomic E-state index is 11.9. The average molecular weight is 324 g/mol. The topological polar surface area (TPSA) is 78.4 Å².